The Morgan fingerprint density at radius 3 is 2.79 bits per heavy atom. The summed E-state index contributed by atoms with van der Waals surface area (Å²) >= 11 is 0. The van der Waals surface area contributed by atoms with Gasteiger partial charge in [0.2, 0.25) is 0 Å². The lowest BCUT2D eigenvalue weighted by atomic mass is 9.83. The minimum absolute atomic E-state index is 0.112. The molecule has 0 aromatic heterocycles. The molecule has 5 heteroatoms. The molecule has 104 valence electrons. The van der Waals surface area contributed by atoms with Crippen LogP contribution in [0.1, 0.15) is 13.8 Å². The zero-order valence-corrected chi connectivity index (χ0v) is 11.1. The van der Waals surface area contributed by atoms with E-state index in [9.17, 15) is 14.3 Å². The Hall–Kier alpha value is -1.62. The molecule has 1 fully saturated rings. The topological polar surface area (TPSA) is 49.8 Å². The van der Waals surface area contributed by atoms with E-state index in [1.165, 1.54) is 18.2 Å². The average Bonchev–Trinajstić information content (AvgIpc) is 2.32. The summed E-state index contributed by atoms with van der Waals surface area (Å²) in [6.45, 7) is 4.36. The van der Waals surface area contributed by atoms with Crippen molar-refractivity contribution in [3.8, 4) is 5.75 Å². The van der Waals surface area contributed by atoms with Gasteiger partial charge in [0.05, 0.1) is 13.1 Å². The summed E-state index contributed by atoms with van der Waals surface area (Å²) in [5.74, 6) is -0.161. The molecule has 0 radical (unpaired) electrons. The fourth-order valence-corrected chi connectivity index (χ4v) is 1.95. The zero-order chi connectivity index (χ0) is 14.0. The van der Waals surface area contributed by atoms with Gasteiger partial charge in [0.1, 0.15) is 17.2 Å². The highest BCUT2D eigenvalue weighted by Crippen LogP contribution is 2.28. The van der Waals surface area contributed by atoms with Crippen LogP contribution in [0.4, 0.5) is 4.39 Å². The molecule has 1 aliphatic heterocycles. The van der Waals surface area contributed by atoms with Crippen molar-refractivity contribution in [2.24, 2.45) is 5.92 Å². The third kappa shape index (κ3) is 3.04. The number of rotatable bonds is 4. The summed E-state index contributed by atoms with van der Waals surface area (Å²) < 4.78 is 18.1. The number of likely N-dealkylation sites (tertiary alicyclic amines) is 1. The third-order valence-corrected chi connectivity index (χ3v) is 3.52. The van der Waals surface area contributed by atoms with Gasteiger partial charge in [-0.25, -0.2) is 4.39 Å². The Labute approximate surface area is 111 Å². The van der Waals surface area contributed by atoms with E-state index < -0.39 is 11.4 Å². The number of aliphatic hydroxyl groups is 1. The highest BCUT2D eigenvalue weighted by Gasteiger charge is 2.45. The maximum Gasteiger partial charge on any atom is 0.260 e. The van der Waals surface area contributed by atoms with Crippen molar-refractivity contribution in [2.45, 2.75) is 19.4 Å². The van der Waals surface area contributed by atoms with Crippen LogP contribution in [-0.2, 0) is 4.79 Å². The number of carbonyl (C=O) groups excluding carboxylic acids is 1. The van der Waals surface area contributed by atoms with Crippen LogP contribution in [0.2, 0.25) is 0 Å². The second-order valence-electron chi connectivity index (χ2n) is 5.25. The third-order valence-electron chi connectivity index (χ3n) is 3.52. The molecule has 1 heterocycles. The quantitative estimate of drug-likeness (QED) is 0.898. The van der Waals surface area contributed by atoms with E-state index in [1.54, 1.807) is 11.0 Å². The number of nitrogens with zero attached hydrogens (tertiary/aromatic N) is 1. The van der Waals surface area contributed by atoms with Gasteiger partial charge in [-0.15, -0.1) is 0 Å². The van der Waals surface area contributed by atoms with Crippen molar-refractivity contribution in [1.82, 2.24) is 4.90 Å². The van der Waals surface area contributed by atoms with Gasteiger partial charge in [0, 0.05) is 6.07 Å². The highest BCUT2D eigenvalue weighted by atomic mass is 19.1. The Morgan fingerprint density at radius 1 is 1.53 bits per heavy atom. The van der Waals surface area contributed by atoms with Gasteiger partial charge in [0.25, 0.3) is 5.91 Å². The first kappa shape index (κ1) is 13.8. The zero-order valence-electron chi connectivity index (χ0n) is 11.1. The van der Waals surface area contributed by atoms with Crippen molar-refractivity contribution in [2.75, 3.05) is 19.7 Å². The number of halogens is 1. The lowest BCUT2D eigenvalue weighted by molar-refractivity contribution is -0.165. The van der Waals surface area contributed by atoms with Crippen LogP contribution in [0.15, 0.2) is 24.3 Å². The Kier molecular flexibility index (Phi) is 3.75. The van der Waals surface area contributed by atoms with Crippen molar-refractivity contribution < 1.29 is 19.0 Å². The van der Waals surface area contributed by atoms with E-state index in [4.69, 9.17) is 4.74 Å². The van der Waals surface area contributed by atoms with Gasteiger partial charge >= 0.3 is 0 Å². The predicted octanol–water partition coefficient (Wildman–Crippen LogP) is 1.43. The molecule has 4 nitrogen and oxygen atoms in total. The van der Waals surface area contributed by atoms with E-state index in [1.807, 2.05) is 13.8 Å². The molecule has 1 aliphatic rings. The first-order valence-electron chi connectivity index (χ1n) is 6.29. The summed E-state index contributed by atoms with van der Waals surface area (Å²) in [7, 11) is 0. The smallest absolute Gasteiger partial charge is 0.260 e. The molecule has 1 aromatic rings. The van der Waals surface area contributed by atoms with Gasteiger partial charge in [-0.2, -0.15) is 0 Å². The molecular weight excluding hydrogens is 249 g/mol. The number of amides is 1. The minimum Gasteiger partial charge on any atom is -0.484 e. The normalized spacial score (nSPS) is 17.2. The molecule has 0 atom stereocenters. The van der Waals surface area contributed by atoms with E-state index in [0.29, 0.717) is 18.8 Å². The Morgan fingerprint density at radius 2 is 2.21 bits per heavy atom. The number of hydrogen-bond acceptors (Lipinski definition) is 3. The number of ether oxygens (including phenoxy) is 1. The molecule has 1 aromatic carbocycles. The monoisotopic (exact) mass is 267 g/mol. The predicted molar refractivity (Wildman–Crippen MR) is 68.3 cm³/mol. The molecule has 0 aliphatic carbocycles. The Bertz CT molecular complexity index is 470. The van der Waals surface area contributed by atoms with Crippen LogP contribution < -0.4 is 4.74 Å². The Balaban J connectivity index is 1.81. The lowest BCUT2D eigenvalue weighted by Gasteiger charge is -2.48. The maximum atomic E-state index is 12.9. The number of carbonyl (C=O) groups is 1. The van der Waals surface area contributed by atoms with Crippen molar-refractivity contribution in [1.29, 1.82) is 0 Å². The largest absolute Gasteiger partial charge is 0.484 e. The molecule has 0 unspecified atom stereocenters. The van der Waals surface area contributed by atoms with Gasteiger partial charge in [-0.1, -0.05) is 19.9 Å². The second kappa shape index (κ2) is 5.17. The van der Waals surface area contributed by atoms with Crippen molar-refractivity contribution in [3.05, 3.63) is 30.1 Å². The summed E-state index contributed by atoms with van der Waals surface area (Å²) in [6, 6.07) is 5.66. The van der Waals surface area contributed by atoms with E-state index >= 15 is 0 Å². The lowest BCUT2D eigenvalue weighted by Crippen LogP contribution is -2.66. The van der Waals surface area contributed by atoms with Crippen LogP contribution in [0, 0.1) is 11.7 Å². The van der Waals surface area contributed by atoms with Crippen LogP contribution >= 0.6 is 0 Å². The van der Waals surface area contributed by atoms with Gasteiger partial charge in [-0.05, 0) is 18.1 Å². The summed E-state index contributed by atoms with van der Waals surface area (Å²) in [4.78, 5) is 13.3. The van der Waals surface area contributed by atoms with Crippen LogP contribution in [0.5, 0.6) is 5.75 Å². The minimum atomic E-state index is -0.783. The fourth-order valence-electron chi connectivity index (χ4n) is 1.95. The van der Waals surface area contributed by atoms with Crippen LogP contribution in [0.25, 0.3) is 0 Å². The second-order valence-corrected chi connectivity index (χ2v) is 5.25. The fraction of sp³-hybridized carbons (Fsp3) is 0.500. The molecule has 1 N–H and O–H groups in total. The first-order chi connectivity index (χ1) is 8.90. The molecule has 0 spiro atoms. The molecule has 0 bridgehead atoms. The molecule has 1 amide bonds. The number of benzene rings is 1. The summed E-state index contributed by atoms with van der Waals surface area (Å²) in [5.41, 5.74) is -0.783. The van der Waals surface area contributed by atoms with Crippen LogP contribution in [-0.4, -0.2) is 41.2 Å². The van der Waals surface area contributed by atoms with Crippen molar-refractivity contribution in [3.63, 3.8) is 0 Å². The van der Waals surface area contributed by atoms with Crippen LogP contribution in [0.3, 0.4) is 0 Å². The van der Waals surface area contributed by atoms with E-state index in [-0.39, 0.29) is 18.4 Å². The SMILES string of the molecule is CC(C)C1(O)CN(C(=O)COc2cccc(F)c2)C1. The molecular formula is C14H18FNO3. The molecule has 0 saturated carbocycles. The van der Waals surface area contributed by atoms with Gasteiger partial charge in [-0.3, -0.25) is 4.79 Å². The first-order valence-corrected chi connectivity index (χ1v) is 6.29. The molecule has 2 rings (SSSR count). The highest BCUT2D eigenvalue weighted by molar-refractivity contribution is 5.79. The maximum absolute atomic E-state index is 12.9. The molecule has 1 saturated heterocycles. The molecule has 19 heavy (non-hydrogen) atoms. The van der Waals surface area contributed by atoms with Gasteiger partial charge < -0.3 is 14.7 Å². The van der Waals surface area contributed by atoms with Crippen molar-refractivity contribution >= 4 is 5.91 Å². The number of hydrogen-bond donors (Lipinski definition) is 1. The van der Waals surface area contributed by atoms with Gasteiger partial charge in [0.15, 0.2) is 6.61 Å². The average molecular weight is 267 g/mol. The van der Waals surface area contributed by atoms with E-state index in [2.05, 4.69) is 0 Å². The van der Waals surface area contributed by atoms with E-state index in [0.717, 1.165) is 0 Å². The standard InChI is InChI=1S/C14H18FNO3/c1-10(2)14(18)8-16(9-14)13(17)7-19-12-5-3-4-11(15)6-12/h3-6,10,18H,7-9H2,1-2H3. The summed E-state index contributed by atoms with van der Waals surface area (Å²) in [5, 5.41) is 10.0. The summed E-state index contributed by atoms with van der Waals surface area (Å²) in [6.07, 6.45) is 0. The number of β-amino-alcohol motifs (C(OH)–C–C–N with tert-alkyl or cyclic N) is 1.